The smallest absolute Gasteiger partial charge is 0.294 e. The summed E-state index contributed by atoms with van der Waals surface area (Å²) in [5.74, 6) is 0.558. The largest absolute Gasteiger partial charge is 0.305 e. The maximum absolute atomic E-state index is 11.3. The minimum absolute atomic E-state index is 0.0575. The number of aromatic nitrogens is 2. The fourth-order valence-corrected chi connectivity index (χ4v) is 2.65. The zero-order valence-electron chi connectivity index (χ0n) is 9.91. The van der Waals surface area contributed by atoms with Gasteiger partial charge in [0.05, 0.1) is 9.80 Å². The Morgan fingerprint density at radius 1 is 1.61 bits per heavy atom. The molecule has 0 unspecified atom stereocenters. The molecule has 18 heavy (non-hydrogen) atoms. The van der Waals surface area contributed by atoms with Gasteiger partial charge in [-0.05, 0) is 6.92 Å². The van der Waals surface area contributed by atoms with Crippen LogP contribution in [0, 0.1) is 10.1 Å². The normalized spacial score (nSPS) is 10.6. The Hall–Kier alpha value is -2.02. The van der Waals surface area contributed by atoms with Crippen LogP contribution in [0.3, 0.4) is 0 Å². The predicted molar refractivity (Wildman–Crippen MR) is 67.5 cm³/mol. The van der Waals surface area contributed by atoms with E-state index in [-0.39, 0.29) is 11.5 Å². The van der Waals surface area contributed by atoms with Gasteiger partial charge in [0.25, 0.3) is 0 Å². The molecule has 0 spiro atoms. The second-order valence-electron chi connectivity index (χ2n) is 3.68. The number of thiophene rings is 1. The molecule has 0 aliphatic carbocycles. The van der Waals surface area contributed by atoms with Gasteiger partial charge >= 0.3 is 5.69 Å². The number of aryl methyl sites for hydroxylation is 1. The summed E-state index contributed by atoms with van der Waals surface area (Å²) < 4.78 is 1.66. The molecule has 7 heteroatoms. The molecule has 0 aliphatic rings. The molecule has 2 aromatic rings. The Balaban J connectivity index is 2.62. The van der Waals surface area contributed by atoms with Crippen molar-refractivity contribution >= 4 is 22.8 Å². The van der Waals surface area contributed by atoms with Crippen LogP contribution in [0.1, 0.15) is 29.3 Å². The van der Waals surface area contributed by atoms with Crippen LogP contribution >= 0.6 is 11.3 Å². The van der Waals surface area contributed by atoms with E-state index < -0.39 is 4.92 Å². The van der Waals surface area contributed by atoms with Crippen molar-refractivity contribution in [2.75, 3.05) is 0 Å². The van der Waals surface area contributed by atoms with E-state index >= 15 is 0 Å². The van der Waals surface area contributed by atoms with Crippen molar-refractivity contribution < 1.29 is 9.72 Å². The summed E-state index contributed by atoms with van der Waals surface area (Å²) in [4.78, 5) is 26.4. The SMILES string of the molecule is CCc1nccn1-c1sc(C(C)=O)cc1[N+](=O)[O-]. The van der Waals surface area contributed by atoms with E-state index in [0.29, 0.717) is 16.3 Å². The summed E-state index contributed by atoms with van der Waals surface area (Å²) >= 11 is 1.11. The molecule has 0 amide bonds. The van der Waals surface area contributed by atoms with Gasteiger partial charge in [-0.1, -0.05) is 6.92 Å². The number of Topliss-reactive ketones (excluding diaryl/α,β-unsaturated/α-hetero) is 1. The summed E-state index contributed by atoms with van der Waals surface area (Å²) in [7, 11) is 0. The maximum atomic E-state index is 11.3. The molecule has 2 rings (SSSR count). The number of nitrogens with zero attached hydrogens (tertiary/aromatic N) is 3. The molecular weight excluding hydrogens is 254 g/mol. The lowest BCUT2D eigenvalue weighted by Crippen LogP contribution is -1.99. The second kappa shape index (κ2) is 4.69. The van der Waals surface area contributed by atoms with E-state index in [9.17, 15) is 14.9 Å². The molecule has 2 aromatic heterocycles. The number of rotatable bonds is 4. The van der Waals surface area contributed by atoms with Gasteiger partial charge in [0, 0.05) is 24.9 Å². The van der Waals surface area contributed by atoms with Crippen molar-refractivity contribution in [1.29, 1.82) is 0 Å². The highest BCUT2D eigenvalue weighted by molar-refractivity contribution is 7.17. The topological polar surface area (TPSA) is 78.0 Å². The van der Waals surface area contributed by atoms with Gasteiger partial charge in [0.1, 0.15) is 5.82 Å². The van der Waals surface area contributed by atoms with Gasteiger partial charge in [-0.15, -0.1) is 11.3 Å². The van der Waals surface area contributed by atoms with Crippen LogP contribution in [0.25, 0.3) is 5.00 Å². The first-order valence-corrected chi connectivity index (χ1v) is 6.18. The van der Waals surface area contributed by atoms with Crippen molar-refractivity contribution in [3.63, 3.8) is 0 Å². The van der Waals surface area contributed by atoms with Gasteiger partial charge in [-0.2, -0.15) is 0 Å². The van der Waals surface area contributed by atoms with Crippen LogP contribution in [0.15, 0.2) is 18.5 Å². The molecule has 0 radical (unpaired) electrons. The van der Waals surface area contributed by atoms with Crippen LogP contribution in [0.4, 0.5) is 5.69 Å². The molecule has 6 nitrogen and oxygen atoms in total. The van der Waals surface area contributed by atoms with Crippen molar-refractivity contribution in [3.8, 4) is 5.00 Å². The summed E-state index contributed by atoms with van der Waals surface area (Å²) in [5.41, 5.74) is -0.0575. The Kier molecular flexibility index (Phi) is 3.24. The fraction of sp³-hybridized carbons (Fsp3) is 0.273. The number of imidazole rings is 1. The van der Waals surface area contributed by atoms with Crippen molar-refractivity contribution in [3.05, 3.63) is 39.3 Å². The Morgan fingerprint density at radius 3 is 2.89 bits per heavy atom. The molecule has 0 N–H and O–H groups in total. The molecule has 0 saturated carbocycles. The molecular formula is C11H11N3O3S. The number of hydrogen-bond acceptors (Lipinski definition) is 5. The van der Waals surface area contributed by atoms with Gasteiger partial charge in [0.2, 0.25) is 0 Å². The van der Waals surface area contributed by atoms with Crippen LogP contribution < -0.4 is 0 Å². The molecule has 0 atom stereocenters. The lowest BCUT2D eigenvalue weighted by atomic mass is 10.3. The van der Waals surface area contributed by atoms with E-state index in [2.05, 4.69) is 4.98 Å². The lowest BCUT2D eigenvalue weighted by molar-refractivity contribution is -0.384. The van der Waals surface area contributed by atoms with Crippen LogP contribution in [0.2, 0.25) is 0 Å². The molecule has 0 saturated heterocycles. The Labute approximate surface area is 107 Å². The first kappa shape index (κ1) is 12.4. The maximum Gasteiger partial charge on any atom is 0.305 e. The summed E-state index contributed by atoms with van der Waals surface area (Å²) in [5, 5.41) is 11.4. The third-order valence-electron chi connectivity index (χ3n) is 2.49. The van der Waals surface area contributed by atoms with Gasteiger partial charge in [0.15, 0.2) is 10.8 Å². The monoisotopic (exact) mass is 265 g/mol. The van der Waals surface area contributed by atoms with E-state index in [1.165, 1.54) is 13.0 Å². The third-order valence-corrected chi connectivity index (χ3v) is 3.71. The molecule has 0 bridgehead atoms. The fourth-order valence-electron chi connectivity index (χ4n) is 1.63. The van der Waals surface area contributed by atoms with Gasteiger partial charge < -0.3 is 0 Å². The lowest BCUT2D eigenvalue weighted by Gasteiger charge is -2.02. The highest BCUT2D eigenvalue weighted by Gasteiger charge is 2.23. The predicted octanol–water partition coefficient (Wildman–Crippen LogP) is 2.61. The van der Waals surface area contributed by atoms with Crippen LogP contribution in [0.5, 0.6) is 0 Å². The number of nitro groups is 1. The van der Waals surface area contributed by atoms with Crippen molar-refractivity contribution in [2.24, 2.45) is 0 Å². The average molecular weight is 265 g/mol. The Morgan fingerprint density at radius 2 is 2.33 bits per heavy atom. The van der Waals surface area contributed by atoms with Crippen molar-refractivity contribution in [2.45, 2.75) is 20.3 Å². The molecule has 0 aliphatic heterocycles. The summed E-state index contributed by atoms with van der Waals surface area (Å²) in [6.45, 7) is 3.32. The number of hydrogen-bond donors (Lipinski definition) is 0. The zero-order chi connectivity index (χ0) is 13.3. The van der Waals surface area contributed by atoms with Crippen molar-refractivity contribution in [1.82, 2.24) is 9.55 Å². The third kappa shape index (κ3) is 2.04. The molecule has 0 aromatic carbocycles. The van der Waals surface area contributed by atoms with Crippen LogP contribution in [-0.2, 0) is 6.42 Å². The average Bonchev–Trinajstić information content (AvgIpc) is 2.94. The Bertz CT molecular complexity index is 615. The van der Waals surface area contributed by atoms with Gasteiger partial charge in [-0.3, -0.25) is 19.5 Å². The van der Waals surface area contributed by atoms with E-state index in [1.54, 1.807) is 17.0 Å². The van der Waals surface area contributed by atoms with E-state index in [0.717, 1.165) is 17.2 Å². The van der Waals surface area contributed by atoms with Gasteiger partial charge in [-0.25, -0.2) is 4.98 Å². The molecule has 0 fully saturated rings. The summed E-state index contributed by atoms with van der Waals surface area (Å²) in [6.07, 6.45) is 3.93. The van der Waals surface area contributed by atoms with E-state index in [1.807, 2.05) is 6.92 Å². The minimum atomic E-state index is -0.474. The number of carbonyl (C=O) groups excluding carboxylic acids is 1. The standard InChI is InChI=1S/C11H11N3O3S/c1-3-10-12-4-5-13(10)11-8(14(16)17)6-9(18-11)7(2)15/h4-6H,3H2,1-2H3. The quantitative estimate of drug-likeness (QED) is 0.483. The number of carbonyl (C=O) groups is 1. The van der Waals surface area contributed by atoms with Crippen LogP contribution in [-0.4, -0.2) is 20.3 Å². The second-order valence-corrected chi connectivity index (χ2v) is 4.71. The summed E-state index contributed by atoms with van der Waals surface area (Å²) in [6, 6.07) is 1.32. The number of ketones is 1. The zero-order valence-corrected chi connectivity index (χ0v) is 10.7. The highest BCUT2D eigenvalue weighted by atomic mass is 32.1. The van der Waals surface area contributed by atoms with E-state index in [4.69, 9.17) is 0 Å². The molecule has 94 valence electrons. The minimum Gasteiger partial charge on any atom is -0.294 e. The molecule has 2 heterocycles. The highest BCUT2D eigenvalue weighted by Crippen LogP contribution is 2.33. The first-order chi connectivity index (χ1) is 8.54. The first-order valence-electron chi connectivity index (χ1n) is 5.36.